The second-order valence-electron chi connectivity index (χ2n) is 4.26. The smallest absolute Gasteiger partial charge is 0.0997 e. The summed E-state index contributed by atoms with van der Waals surface area (Å²) in [6.45, 7) is 9.10. The summed E-state index contributed by atoms with van der Waals surface area (Å²) in [5, 5.41) is 0. The summed E-state index contributed by atoms with van der Waals surface area (Å²) < 4.78 is 5.60. The number of hydrogen-bond donors (Lipinski definition) is 0. The molecule has 2 rings (SSSR count). The van der Waals surface area contributed by atoms with E-state index in [0.717, 1.165) is 6.54 Å². The van der Waals surface area contributed by atoms with Crippen LogP contribution in [0.2, 0.25) is 0 Å². The van der Waals surface area contributed by atoms with E-state index in [0.29, 0.717) is 12.1 Å². The van der Waals surface area contributed by atoms with E-state index in [1.54, 1.807) is 0 Å². The standard InChI is InChI=1S/C9H17NO/c1-7(2)10-5-4-9(3)8(6-10)11-9/h7-8H,4-6H2,1-3H3/t8-,9+/m1/s1. The molecule has 0 saturated carbocycles. The highest BCUT2D eigenvalue weighted by Gasteiger charge is 2.55. The van der Waals surface area contributed by atoms with Crippen molar-refractivity contribution in [2.24, 2.45) is 0 Å². The molecule has 2 fully saturated rings. The average Bonchev–Trinajstić information content (AvgIpc) is 2.58. The Hall–Kier alpha value is -0.0800. The minimum atomic E-state index is 0.269. The van der Waals surface area contributed by atoms with Gasteiger partial charge in [-0.2, -0.15) is 0 Å². The first-order valence-corrected chi connectivity index (χ1v) is 4.54. The number of likely N-dealkylation sites (tertiary alicyclic amines) is 1. The molecule has 0 unspecified atom stereocenters. The second kappa shape index (κ2) is 2.20. The van der Waals surface area contributed by atoms with Gasteiger partial charge in [0.1, 0.15) is 0 Å². The lowest BCUT2D eigenvalue weighted by Gasteiger charge is -2.30. The Morgan fingerprint density at radius 2 is 2.27 bits per heavy atom. The van der Waals surface area contributed by atoms with Gasteiger partial charge in [0.2, 0.25) is 0 Å². The van der Waals surface area contributed by atoms with Crippen LogP contribution in [0.5, 0.6) is 0 Å². The molecule has 2 saturated heterocycles. The van der Waals surface area contributed by atoms with Crippen molar-refractivity contribution in [2.45, 2.75) is 44.9 Å². The highest BCUT2D eigenvalue weighted by atomic mass is 16.6. The van der Waals surface area contributed by atoms with E-state index >= 15 is 0 Å². The van der Waals surface area contributed by atoms with Gasteiger partial charge in [0, 0.05) is 19.1 Å². The van der Waals surface area contributed by atoms with Crippen LogP contribution in [0.1, 0.15) is 27.2 Å². The van der Waals surface area contributed by atoms with Crippen LogP contribution in [0, 0.1) is 0 Å². The normalized spacial score (nSPS) is 44.2. The first-order chi connectivity index (χ1) is 5.12. The van der Waals surface area contributed by atoms with Crippen LogP contribution in [0.15, 0.2) is 0 Å². The first kappa shape index (κ1) is 7.56. The van der Waals surface area contributed by atoms with E-state index in [4.69, 9.17) is 4.74 Å². The van der Waals surface area contributed by atoms with Gasteiger partial charge in [-0.3, -0.25) is 4.90 Å². The summed E-state index contributed by atoms with van der Waals surface area (Å²) in [5.41, 5.74) is 0.269. The molecule has 64 valence electrons. The van der Waals surface area contributed by atoms with Crippen LogP contribution in [-0.2, 0) is 4.74 Å². The number of piperidine rings is 1. The van der Waals surface area contributed by atoms with Crippen molar-refractivity contribution in [3.63, 3.8) is 0 Å². The van der Waals surface area contributed by atoms with Gasteiger partial charge in [-0.25, -0.2) is 0 Å². The fraction of sp³-hybridized carbons (Fsp3) is 1.00. The van der Waals surface area contributed by atoms with Crippen LogP contribution in [0.3, 0.4) is 0 Å². The summed E-state index contributed by atoms with van der Waals surface area (Å²) >= 11 is 0. The van der Waals surface area contributed by atoms with Crippen molar-refractivity contribution in [1.82, 2.24) is 4.90 Å². The number of nitrogens with zero attached hydrogens (tertiary/aromatic N) is 1. The van der Waals surface area contributed by atoms with Crippen LogP contribution in [0.4, 0.5) is 0 Å². The van der Waals surface area contributed by atoms with E-state index in [-0.39, 0.29) is 5.60 Å². The first-order valence-electron chi connectivity index (χ1n) is 4.54. The van der Waals surface area contributed by atoms with E-state index in [2.05, 4.69) is 25.7 Å². The van der Waals surface area contributed by atoms with Gasteiger partial charge < -0.3 is 4.74 Å². The van der Waals surface area contributed by atoms with Crippen molar-refractivity contribution >= 4 is 0 Å². The highest BCUT2D eigenvalue weighted by Crippen LogP contribution is 2.43. The molecule has 2 heterocycles. The van der Waals surface area contributed by atoms with E-state index in [1.165, 1.54) is 13.0 Å². The number of ether oxygens (including phenoxy) is 1. The topological polar surface area (TPSA) is 15.8 Å². The SMILES string of the molecule is CC(C)N1CC[C@]2(C)O[C@@H]2C1. The van der Waals surface area contributed by atoms with Gasteiger partial charge in [-0.15, -0.1) is 0 Å². The largest absolute Gasteiger partial charge is 0.365 e. The Morgan fingerprint density at radius 3 is 2.82 bits per heavy atom. The molecular formula is C9H17NO. The Balaban J connectivity index is 1.93. The molecule has 2 aliphatic heterocycles. The van der Waals surface area contributed by atoms with Crippen LogP contribution < -0.4 is 0 Å². The van der Waals surface area contributed by atoms with E-state index < -0.39 is 0 Å². The fourth-order valence-electron chi connectivity index (χ4n) is 1.88. The van der Waals surface area contributed by atoms with Gasteiger partial charge in [0.25, 0.3) is 0 Å². The lowest BCUT2D eigenvalue weighted by Crippen LogP contribution is -2.42. The van der Waals surface area contributed by atoms with Crippen LogP contribution in [0.25, 0.3) is 0 Å². The summed E-state index contributed by atoms with van der Waals surface area (Å²) in [6, 6.07) is 0.684. The van der Waals surface area contributed by atoms with Crippen molar-refractivity contribution in [1.29, 1.82) is 0 Å². The summed E-state index contributed by atoms with van der Waals surface area (Å²) in [4.78, 5) is 2.50. The highest BCUT2D eigenvalue weighted by molar-refractivity contribution is 5.04. The molecule has 2 aliphatic rings. The molecule has 2 atom stereocenters. The van der Waals surface area contributed by atoms with Gasteiger partial charge in [0.05, 0.1) is 11.7 Å². The van der Waals surface area contributed by atoms with Crippen LogP contribution >= 0.6 is 0 Å². The maximum Gasteiger partial charge on any atom is 0.0997 e. The molecule has 0 aliphatic carbocycles. The van der Waals surface area contributed by atoms with Gasteiger partial charge in [0.15, 0.2) is 0 Å². The summed E-state index contributed by atoms with van der Waals surface area (Å²) in [7, 11) is 0. The molecular weight excluding hydrogens is 138 g/mol. The maximum absolute atomic E-state index is 5.60. The predicted octanol–water partition coefficient (Wildman–Crippen LogP) is 1.26. The fourth-order valence-corrected chi connectivity index (χ4v) is 1.88. The Kier molecular flexibility index (Phi) is 1.52. The Bertz CT molecular complexity index is 169. The third-order valence-electron chi connectivity index (χ3n) is 3.06. The molecule has 0 bridgehead atoms. The van der Waals surface area contributed by atoms with Crippen molar-refractivity contribution in [3.05, 3.63) is 0 Å². The van der Waals surface area contributed by atoms with Crippen molar-refractivity contribution in [2.75, 3.05) is 13.1 Å². The maximum atomic E-state index is 5.60. The minimum Gasteiger partial charge on any atom is -0.365 e. The third-order valence-corrected chi connectivity index (χ3v) is 3.06. The Morgan fingerprint density at radius 1 is 1.55 bits per heavy atom. The zero-order valence-electron chi connectivity index (χ0n) is 7.63. The molecule has 0 N–H and O–H groups in total. The summed E-state index contributed by atoms with van der Waals surface area (Å²) in [5.74, 6) is 0. The zero-order chi connectivity index (χ0) is 8.06. The van der Waals surface area contributed by atoms with E-state index in [9.17, 15) is 0 Å². The van der Waals surface area contributed by atoms with Crippen molar-refractivity contribution in [3.8, 4) is 0 Å². The molecule has 0 aromatic carbocycles. The third kappa shape index (κ3) is 1.18. The van der Waals surface area contributed by atoms with E-state index in [1.807, 2.05) is 0 Å². The van der Waals surface area contributed by atoms with Gasteiger partial charge in [-0.05, 0) is 27.2 Å². The minimum absolute atomic E-state index is 0.269. The van der Waals surface area contributed by atoms with Crippen LogP contribution in [-0.4, -0.2) is 35.7 Å². The molecule has 0 aromatic heterocycles. The number of hydrogen-bond acceptors (Lipinski definition) is 2. The quantitative estimate of drug-likeness (QED) is 0.530. The number of epoxide rings is 1. The lowest BCUT2D eigenvalue weighted by molar-refractivity contribution is 0.187. The molecule has 0 amide bonds. The van der Waals surface area contributed by atoms with Gasteiger partial charge in [-0.1, -0.05) is 0 Å². The molecule has 2 heteroatoms. The molecule has 0 aromatic rings. The second-order valence-corrected chi connectivity index (χ2v) is 4.26. The molecule has 0 spiro atoms. The molecule has 2 nitrogen and oxygen atoms in total. The summed E-state index contributed by atoms with van der Waals surface area (Å²) in [6.07, 6.45) is 1.76. The van der Waals surface area contributed by atoms with Gasteiger partial charge >= 0.3 is 0 Å². The van der Waals surface area contributed by atoms with Crippen molar-refractivity contribution < 1.29 is 4.74 Å². The molecule has 0 radical (unpaired) electrons. The molecule has 11 heavy (non-hydrogen) atoms. The predicted molar refractivity (Wildman–Crippen MR) is 44.6 cm³/mol. The number of rotatable bonds is 1. The average molecular weight is 155 g/mol. The monoisotopic (exact) mass is 155 g/mol. The number of fused-ring (bicyclic) bond motifs is 1. The zero-order valence-corrected chi connectivity index (χ0v) is 7.63. The lowest BCUT2D eigenvalue weighted by atomic mass is 9.98. The Labute approximate surface area is 68.5 Å².